The van der Waals surface area contributed by atoms with Crippen molar-refractivity contribution in [2.24, 2.45) is 7.05 Å². The van der Waals surface area contributed by atoms with Crippen molar-refractivity contribution in [2.75, 3.05) is 7.11 Å². The Morgan fingerprint density at radius 2 is 1.72 bits per heavy atom. The molecule has 4 nitrogen and oxygen atoms in total. The molecule has 0 amide bonds. The molecule has 18 heavy (non-hydrogen) atoms. The molecule has 0 unspecified atom stereocenters. The first-order chi connectivity index (χ1) is 8.79. The zero-order valence-electron chi connectivity index (χ0n) is 10.3. The van der Waals surface area contributed by atoms with Gasteiger partial charge in [-0.25, -0.2) is 0 Å². The maximum atomic E-state index is 12.1. The highest BCUT2D eigenvalue weighted by atomic mass is 16.2. The Morgan fingerprint density at radius 1 is 1.06 bits per heavy atom. The van der Waals surface area contributed by atoms with Crippen LogP contribution in [-0.4, -0.2) is 21.8 Å². The number of hydrogen-bond donors (Lipinski definition) is 1. The quantitative estimate of drug-likeness (QED) is 0.610. The van der Waals surface area contributed by atoms with Gasteiger partial charge in [0.1, 0.15) is 0 Å². The van der Waals surface area contributed by atoms with Crippen molar-refractivity contribution in [1.82, 2.24) is 9.55 Å². The van der Waals surface area contributed by atoms with Gasteiger partial charge in [0.25, 0.3) is 5.56 Å². The number of rotatable bonds is 0. The van der Waals surface area contributed by atoms with Crippen molar-refractivity contribution in [3.8, 4) is 0 Å². The summed E-state index contributed by atoms with van der Waals surface area (Å²) in [6.45, 7) is 0. The number of fused-ring (bicyclic) bond motifs is 3. The van der Waals surface area contributed by atoms with E-state index < -0.39 is 0 Å². The number of aliphatic hydroxyl groups is 1. The molecule has 0 aliphatic rings. The van der Waals surface area contributed by atoms with Gasteiger partial charge in [0, 0.05) is 25.7 Å². The van der Waals surface area contributed by atoms with E-state index in [2.05, 4.69) is 4.98 Å². The summed E-state index contributed by atoms with van der Waals surface area (Å²) in [5.41, 5.74) is 1.70. The minimum absolute atomic E-state index is 0.00167. The first-order valence-corrected chi connectivity index (χ1v) is 5.56. The Kier molecular flexibility index (Phi) is 3.39. The van der Waals surface area contributed by atoms with Crippen molar-refractivity contribution in [3.05, 3.63) is 52.9 Å². The fourth-order valence-electron chi connectivity index (χ4n) is 2.05. The Morgan fingerprint density at radius 3 is 2.50 bits per heavy atom. The van der Waals surface area contributed by atoms with E-state index in [0.717, 1.165) is 23.5 Å². The molecule has 0 aliphatic heterocycles. The molecule has 0 radical (unpaired) electrons. The highest BCUT2D eigenvalue weighted by Crippen LogP contribution is 2.19. The molecule has 3 rings (SSSR count). The van der Waals surface area contributed by atoms with Gasteiger partial charge in [-0.05, 0) is 18.2 Å². The van der Waals surface area contributed by atoms with Crippen LogP contribution in [0, 0.1) is 0 Å². The fraction of sp³-hybridized carbons (Fsp3) is 0.143. The monoisotopic (exact) mass is 242 g/mol. The first kappa shape index (κ1) is 12.3. The van der Waals surface area contributed by atoms with Crippen molar-refractivity contribution >= 4 is 21.8 Å². The number of aliphatic hydroxyl groups excluding tert-OH is 1. The summed E-state index contributed by atoms with van der Waals surface area (Å²) in [5.74, 6) is 0. The lowest BCUT2D eigenvalue weighted by Crippen LogP contribution is -2.17. The molecular formula is C14H14N2O2. The van der Waals surface area contributed by atoms with E-state index in [1.807, 2.05) is 30.3 Å². The summed E-state index contributed by atoms with van der Waals surface area (Å²) in [4.78, 5) is 16.4. The molecule has 0 saturated heterocycles. The number of benzene rings is 1. The van der Waals surface area contributed by atoms with Gasteiger partial charge in [-0.15, -0.1) is 0 Å². The van der Waals surface area contributed by atoms with E-state index in [4.69, 9.17) is 5.11 Å². The average molecular weight is 242 g/mol. The standard InChI is InChI=1S/C13H10N2O.CH4O/c1-15-11-7-3-2-5-9(11)12-10(13(15)16)6-4-8-14-12;1-2/h2-8H,1H3;2H,1H3. The Balaban J connectivity index is 0.000000574. The predicted molar refractivity (Wildman–Crippen MR) is 72.6 cm³/mol. The molecule has 92 valence electrons. The summed E-state index contributed by atoms with van der Waals surface area (Å²) in [5, 5.41) is 8.68. The normalized spacial score (nSPS) is 10.2. The van der Waals surface area contributed by atoms with Crippen molar-refractivity contribution in [3.63, 3.8) is 0 Å². The number of aromatic nitrogens is 2. The molecule has 1 aromatic carbocycles. The van der Waals surface area contributed by atoms with E-state index in [1.54, 1.807) is 23.9 Å². The minimum atomic E-state index is 0.00167. The van der Waals surface area contributed by atoms with E-state index in [1.165, 1.54) is 0 Å². The Labute approximate surface area is 104 Å². The molecule has 3 aromatic rings. The second-order valence-electron chi connectivity index (χ2n) is 3.78. The number of nitrogens with zero attached hydrogens (tertiary/aromatic N) is 2. The predicted octanol–water partition coefficient (Wildman–Crippen LogP) is 1.70. The van der Waals surface area contributed by atoms with Gasteiger partial charge in [-0.1, -0.05) is 18.2 Å². The van der Waals surface area contributed by atoms with Gasteiger partial charge in [-0.2, -0.15) is 0 Å². The molecule has 0 spiro atoms. The van der Waals surface area contributed by atoms with Crippen molar-refractivity contribution in [2.45, 2.75) is 0 Å². The minimum Gasteiger partial charge on any atom is -0.400 e. The zero-order valence-corrected chi connectivity index (χ0v) is 10.3. The lowest BCUT2D eigenvalue weighted by Gasteiger charge is -2.07. The molecule has 1 N–H and O–H groups in total. The van der Waals surface area contributed by atoms with Crippen LogP contribution in [0.3, 0.4) is 0 Å². The highest BCUT2D eigenvalue weighted by molar-refractivity contribution is 6.02. The van der Waals surface area contributed by atoms with Crippen molar-refractivity contribution in [1.29, 1.82) is 0 Å². The maximum Gasteiger partial charge on any atom is 0.260 e. The van der Waals surface area contributed by atoms with Crippen molar-refractivity contribution < 1.29 is 5.11 Å². The largest absolute Gasteiger partial charge is 0.400 e. The van der Waals surface area contributed by atoms with Crippen LogP contribution in [0.2, 0.25) is 0 Å². The van der Waals surface area contributed by atoms with Gasteiger partial charge < -0.3 is 9.67 Å². The van der Waals surface area contributed by atoms with E-state index in [0.29, 0.717) is 5.39 Å². The third-order valence-corrected chi connectivity index (χ3v) is 2.86. The highest BCUT2D eigenvalue weighted by Gasteiger charge is 2.07. The molecule has 0 fully saturated rings. The molecule has 0 saturated carbocycles. The Hall–Kier alpha value is -2.20. The van der Waals surface area contributed by atoms with Gasteiger partial charge in [0.2, 0.25) is 0 Å². The van der Waals surface area contributed by atoms with Crippen LogP contribution in [0.15, 0.2) is 47.4 Å². The van der Waals surface area contributed by atoms with Crippen LogP contribution in [0.5, 0.6) is 0 Å². The molecule has 2 heterocycles. The van der Waals surface area contributed by atoms with Gasteiger partial charge in [-0.3, -0.25) is 9.78 Å². The number of para-hydroxylation sites is 1. The number of pyridine rings is 2. The number of hydrogen-bond acceptors (Lipinski definition) is 3. The van der Waals surface area contributed by atoms with E-state index in [-0.39, 0.29) is 5.56 Å². The lowest BCUT2D eigenvalue weighted by molar-refractivity contribution is 0.399. The Bertz CT molecular complexity index is 747. The fourth-order valence-corrected chi connectivity index (χ4v) is 2.05. The van der Waals surface area contributed by atoms with Crippen LogP contribution < -0.4 is 5.56 Å². The molecule has 0 aliphatic carbocycles. The summed E-state index contributed by atoms with van der Waals surface area (Å²) in [7, 11) is 2.79. The lowest BCUT2D eigenvalue weighted by atomic mass is 10.1. The second-order valence-corrected chi connectivity index (χ2v) is 3.78. The molecule has 0 bridgehead atoms. The second kappa shape index (κ2) is 4.98. The topological polar surface area (TPSA) is 55.1 Å². The molecule has 4 heteroatoms. The summed E-state index contributed by atoms with van der Waals surface area (Å²) >= 11 is 0. The first-order valence-electron chi connectivity index (χ1n) is 5.56. The van der Waals surface area contributed by atoms with Crippen LogP contribution in [0.1, 0.15) is 0 Å². The van der Waals surface area contributed by atoms with Crippen LogP contribution in [0.25, 0.3) is 21.8 Å². The third kappa shape index (κ3) is 1.76. The van der Waals surface area contributed by atoms with Crippen LogP contribution in [-0.2, 0) is 7.05 Å². The summed E-state index contributed by atoms with van der Waals surface area (Å²) < 4.78 is 1.67. The average Bonchev–Trinajstić information content (AvgIpc) is 2.47. The van der Waals surface area contributed by atoms with Crippen LogP contribution in [0.4, 0.5) is 0 Å². The van der Waals surface area contributed by atoms with Gasteiger partial charge >= 0.3 is 0 Å². The van der Waals surface area contributed by atoms with Gasteiger partial charge in [0.15, 0.2) is 0 Å². The smallest absolute Gasteiger partial charge is 0.260 e. The van der Waals surface area contributed by atoms with E-state index >= 15 is 0 Å². The zero-order chi connectivity index (χ0) is 13.1. The maximum absolute atomic E-state index is 12.1. The molecule has 0 atom stereocenters. The summed E-state index contributed by atoms with van der Waals surface area (Å²) in [6, 6.07) is 11.4. The number of aryl methyl sites for hydroxylation is 1. The van der Waals surface area contributed by atoms with Gasteiger partial charge in [0.05, 0.1) is 16.4 Å². The molecular weight excluding hydrogens is 228 g/mol. The van der Waals surface area contributed by atoms with E-state index in [9.17, 15) is 4.79 Å². The van der Waals surface area contributed by atoms with Crippen LogP contribution >= 0.6 is 0 Å². The SMILES string of the molecule is CO.Cn1c(=O)c2cccnc2c2ccccc21. The third-order valence-electron chi connectivity index (χ3n) is 2.86. The summed E-state index contributed by atoms with van der Waals surface area (Å²) in [6.07, 6.45) is 1.72. The molecule has 2 aromatic heterocycles.